The number of benzene rings is 1. The van der Waals surface area contributed by atoms with Crippen LogP contribution in [-0.4, -0.2) is 61.8 Å². The van der Waals surface area contributed by atoms with Crippen molar-refractivity contribution in [3.8, 4) is 5.75 Å². The van der Waals surface area contributed by atoms with E-state index >= 15 is 0 Å². The second kappa shape index (κ2) is 7.63. The zero-order valence-electron chi connectivity index (χ0n) is 14.8. The molecule has 25 heavy (non-hydrogen) atoms. The fourth-order valence-electron chi connectivity index (χ4n) is 3.44. The van der Waals surface area contributed by atoms with Gasteiger partial charge in [-0.1, -0.05) is 6.07 Å². The number of nitrogens with zero attached hydrogens (tertiary/aromatic N) is 2. The van der Waals surface area contributed by atoms with Gasteiger partial charge < -0.3 is 24.6 Å². The number of fused-ring (bicyclic) bond motifs is 1. The first-order valence-corrected chi connectivity index (χ1v) is 8.65. The minimum Gasteiger partial charge on any atom is -0.497 e. The van der Waals surface area contributed by atoms with Crippen LogP contribution in [0.5, 0.6) is 5.75 Å². The number of amides is 3. The summed E-state index contributed by atoms with van der Waals surface area (Å²) >= 11 is 0. The van der Waals surface area contributed by atoms with Gasteiger partial charge in [0.25, 0.3) is 0 Å². The minimum atomic E-state index is -0.300. The molecule has 2 aliphatic rings. The van der Waals surface area contributed by atoms with Crippen LogP contribution in [0.4, 0.5) is 9.59 Å². The van der Waals surface area contributed by atoms with E-state index in [9.17, 15) is 9.59 Å². The lowest BCUT2D eigenvalue weighted by Gasteiger charge is -2.34. The molecule has 1 fully saturated rings. The smallest absolute Gasteiger partial charge is 0.409 e. The second-order valence-corrected chi connectivity index (χ2v) is 6.49. The summed E-state index contributed by atoms with van der Waals surface area (Å²) in [5.41, 5.74) is 2.41. The minimum absolute atomic E-state index is 0.0370. The van der Waals surface area contributed by atoms with Crippen molar-refractivity contribution in [2.75, 3.05) is 33.9 Å². The highest BCUT2D eigenvalue weighted by Crippen LogP contribution is 2.24. The number of rotatable bonds is 2. The first kappa shape index (κ1) is 17.4. The SMILES string of the molecule is COC(=O)N1CCC(NC(=O)N2CCc3ccc(OC)cc3C2)CC1. The molecule has 0 bridgehead atoms. The number of hydrogen-bond donors (Lipinski definition) is 1. The molecule has 3 rings (SSSR count). The van der Waals surface area contributed by atoms with Crippen molar-refractivity contribution >= 4 is 12.1 Å². The van der Waals surface area contributed by atoms with Crippen LogP contribution in [-0.2, 0) is 17.7 Å². The summed E-state index contributed by atoms with van der Waals surface area (Å²) in [4.78, 5) is 27.6. The standard InChI is InChI=1S/C18H25N3O4/c1-24-16-4-3-13-5-8-21(12-14(13)11-16)17(22)19-15-6-9-20(10-7-15)18(23)25-2/h3-4,11,15H,5-10,12H2,1-2H3,(H,19,22). The largest absolute Gasteiger partial charge is 0.497 e. The predicted octanol–water partition coefficient (Wildman–Crippen LogP) is 1.99. The number of hydrogen-bond acceptors (Lipinski definition) is 4. The summed E-state index contributed by atoms with van der Waals surface area (Å²) in [7, 11) is 3.04. The highest BCUT2D eigenvalue weighted by atomic mass is 16.5. The van der Waals surface area contributed by atoms with Gasteiger partial charge in [-0.2, -0.15) is 0 Å². The summed E-state index contributed by atoms with van der Waals surface area (Å²) < 4.78 is 10.0. The van der Waals surface area contributed by atoms with E-state index in [1.807, 2.05) is 17.0 Å². The Bertz CT molecular complexity index is 641. The summed E-state index contributed by atoms with van der Waals surface area (Å²) in [5.74, 6) is 0.816. The normalized spacial score (nSPS) is 17.7. The van der Waals surface area contributed by atoms with Gasteiger partial charge >= 0.3 is 12.1 Å². The Morgan fingerprint density at radius 3 is 2.52 bits per heavy atom. The van der Waals surface area contributed by atoms with Gasteiger partial charge in [0.2, 0.25) is 0 Å². The van der Waals surface area contributed by atoms with E-state index in [0.29, 0.717) is 26.2 Å². The van der Waals surface area contributed by atoms with Crippen molar-refractivity contribution in [2.45, 2.75) is 31.8 Å². The summed E-state index contributed by atoms with van der Waals surface area (Å²) in [5, 5.41) is 3.10. The van der Waals surface area contributed by atoms with Crippen molar-refractivity contribution in [1.29, 1.82) is 0 Å². The highest BCUT2D eigenvalue weighted by Gasteiger charge is 2.27. The number of likely N-dealkylation sites (tertiary alicyclic amines) is 1. The van der Waals surface area contributed by atoms with Gasteiger partial charge in [-0.25, -0.2) is 9.59 Å². The van der Waals surface area contributed by atoms with E-state index in [1.165, 1.54) is 12.7 Å². The van der Waals surface area contributed by atoms with Crippen molar-refractivity contribution < 1.29 is 19.1 Å². The molecule has 0 atom stereocenters. The molecule has 2 aliphatic heterocycles. The van der Waals surface area contributed by atoms with Crippen LogP contribution in [0, 0.1) is 0 Å². The fourth-order valence-corrected chi connectivity index (χ4v) is 3.44. The van der Waals surface area contributed by atoms with Crippen molar-refractivity contribution in [2.24, 2.45) is 0 Å². The van der Waals surface area contributed by atoms with Crippen LogP contribution in [0.15, 0.2) is 18.2 Å². The molecule has 0 unspecified atom stereocenters. The zero-order chi connectivity index (χ0) is 17.8. The first-order chi connectivity index (χ1) is 12.1. The average Bonchev–Trinajstić information content (AvgIpc) is 2.67. The Labute approximate surface area is 147 Å². The zero-order valence-corrected chi connectivity index (χ0v) is 14.8. The molecule has 136 valence electrons. The van der Waals surface area contributed by atoms with Crippen LogP contribution < -0.4 is 10.1 Å². The molecular weight excluding hydrogens is 322 g/mol. The number of carbonyl (C=O) groups is 2. The quantitative estimate of drug-likeness (QED) is 0.888. The monoisotopic (exact) mass is 347 g/mol. The average molecular weight is 347 g/mol. The number of methoxy groups -OCH3 is 2. The maximum atomic E-state index is 12.6. The molecule has 1 aromatic rings. The first-order valence-electron chi connectivity index (χ1n) is 8.65. The Morgan fingerprint density at radius 2 is 1.84 bits per heavy atom. The van der Waals surface area contributed by atoms with Gasteiger partial charge in [0.05, 0.1) is 14.2 Å². The van der Waals surface area contributed by atoms with Gasteiger partial charge in [-0.05, 0) is 42.5 Å². The molecule has 2 heterocycles. The predicted molar refractivity (Wildman–Crippen MR) is 92.6 cm³/mol. The Kier molecular flexibility index (Phi) is 5.31. The summed E-state index contributed by atoms with van der Waals surface area (Å²) in [6.07, 6.45) is 2.05. The molecule has 0 saturated carbocycles. The van der Waals surface area contributed by atoms with Crippen molar-refractivity contribution in [3.05, 3.63) is 29.3 Å². The number of piperidine rings is 1. The summed E-state index contributed by atoms with van der Waals surface area (Å²) in [6.45, 7) is 2.53. The van der Waals surface area contributed by atoms with E-state index in [-0.39, 0.29) is 18.2 Å². The second-order valence-electron chi connectivity index (χ2n) is 6.49. The molecule has 3 amide bonds. The third-order valence-electron chi connectivity index (χ3n) is 4.97. The number of carbonyl (C=O) groups excluding carboxylic acids is 2. The van der Waals surface area contributed by atoms with E-state index in [2.05, 4.69) is 11.4 Å². The van der Waals surface area contributed by atoms with E-state index in [1.54, 1.807) is 12.0 Å². The van der Waals surface area contributed by atoms with Crippen LogP contribution in [0.3, 0.4) is 0 Å². The number of nitrogens with one attached hydrogen (secondary N) is 1. The number of ether oxygens (including phenoxy) is 2. The van der Waals surface area contributed by atoms with Gasteiger partial charge in [0.1, 0.15) is 5.75 Å². The molecule has 0 aromatic heterocycles. The molecule has 0 aliphatic carbocycles. The fraction of sp³-hybridized carbons (Fsp3) is 0.556. The lowest BCUT2D eigenvalue weighted by Crippen LogP contribution is -2.51. The maximum absolute atomic E-state index is 12.6. The third kappa shape index (κ3) is 3.97. The topological polar surface area (TPSA) is 71.1 Å². The molecule has 0 radical (unpaired) electrons. The van der Waals surface area contributed by atoms with E-state index in [0.717, 1.165) is 30.6 Å². The van der Waals surface area contributed by atoms with E-state index < -0.39 is 0 Å². The summed E-state index contributed by atoms with van der Waals surface area (Å²) in [6, 6.07) is 6.10. The van der Waals surface area contributed by atoms with Gasteiger partial charge in [-0.3, -0.25) is 0 Å². The lowest BCUT2D eigenvalue weighted by molar-refractivity contribution is 0.109. The highest BCUT2D eigenvalue weighted by molar-refractivity contribution is 5.75. The van der Waals surface area contributed by atoms with Crippen LogP contribution >= 0.6 is 0 Å². The molecule has 7 heteroatoms. The molecular formula is C18H25N3O4. The Balaban J connectivity index is 1.53. The molecule has 1 aromatic carbocycles. The third-order valence-corrected chi connectivity index (χ3v) is 4.97. The molecule has 7 nitrogen and oxygen atoms in total. The molecule has 1 N–H and O–H groups in total. The number of urea groups is 1. The maximum Gasteiger partial charge on any atom is 0.409 e. The van der Waals surface area contributed by atoms with Gasteiger partial charge in [0.15, 0.2) is 0 Å². The van der Waals surface area contributed by atoms with Crippen molar-refractivity contribution in [1.82, 2.24) is 15.1 Å². The van der Waals surface area contributed by atoms with Crippen LogP contribution in [0.1, 0.15) is 24.0 Å². The molecule has 0 spiro atoms. The van der Waals surface area contributed by atoms with Gasteiger partial charge in [-0.15, -0.1) is 0 Å². The Morgan fingerprint density at radius 1 is 1.08 bits per heavy atom. The van der Waals surface area contributed by atoms with Crippen molar-refractivity contribution in [3.63, 3.8) is 0 Å². The van der Waals surface area contributed by atoms with Crippen LogP contribution in [0.2, 0.25) is 0 Å². The Hall–Kier alpha value is -2.44. The molecule has 1 saturated heterocycles. The van der Waals surface area contributed by atoms with E-state index in [4.69, 9.17) is 9.47 Å². The van der Waals surface area contributed by atoms with Gasteiger partial charge in [0, 0.05) is 32.2 Å². The van der Waals surface area contributed by atoms with Crippen LogP contribution in [0.25, 0.3) is 0 Å². The lowest BCUT2D eigenvalue weighted by atomic mass is 9.99.